The average molecular weight is 277 g/mol. The lowest BCUT2D eigenvalue weighted by molar-refractivity contribution is 0.475. The third-order valence-electron chi connectivity index (χ3n) is 3.02. The number of fused-ring (bicyclic) bond motifs is 1. The number of nitrogens with one attached hydrogen (secondary N) is 2. The Kier molecular flexibility index (Phi) is 3.23. The van der Waals surface area contributed by atoms with Crippen LogP contribution >= 0.6 is 11.6 Å². The molecule has 1 aliphatic heterocycles. The van der Waals surface area contributed by atoms with Gasteiger partial charge in [-0.25, -0.2) is 9.97 Å². The lowest BCUT2D eigenvalue weighted by Gasteiger charge is -2.19. The van der Waals surface area contributed by atoms with Crippen molar-refractivity contribution in [3.05, 3.63) is 40.8 Å². The summed E-state index contributed by atoms with van der Waals surface area (Å²) < 4.78 is 0. The number of halogens is 1. The molecule has 3 rings (SSSR count). The molecule has 3 N–H and O–H groups in total. The number of anilines is 2. The van der Waals surface area contributed by atoms with Gasteiger partial charge in [-0.2, -0.15) is 0 Å². The number of nitrogens with zero attached hydrogens (tertiary/aromatic N) is 2. The quantitative estimate of drug-likeness (QED) is 0.734. The lowest BCUT2D eigenvalue weighted by atomic mass is 10.1. The zero-order chi connectivity index (χ0) is 13.2. The van der Waals surface area contributed by atoms with E-state index in [2.05, 4.69) is 20.6 Å². The SMILES string of the molecule is Oc1cccc(Nc2nc(Cl)nc3c2CCNC3)c1. The van der Waals surface area contributed by atoms with E-state index >= 15 is 0 Å². The molecule has 19 heavy (non-hydrogen) atoms. The Labute approximate surface area is 115 Å². The molecule has 5 nitrogen and oxygen atoms in total. The van der Waals surface area contributed by atoms with Gasteiger partial charge in [0.1, 0.15) is 11.6 Å². The van der Waals surface area contributed by atoms with Crippen molar-refractivity contribution in [3.8, 4) is 5.75 Å². The van der Waals surface area contributed by atoms with Crippen LogP contribution < -0.4 is 10.6 Å². The topological polar surface area (TPSA) is 70.1 Å². The fourth-order valence-corrected chi connectivity index (χ4v) is 2.34. The third-order valence-corrected chi connectivity index (χ3v) is 3.19. The second-order valence-corrected chi connectivity index (χ2v) is 4.71. The number of rotatable bonds is 2. The van der Waals surface area contributed by atoms with Gasteiger partial charge >= 0.3 is 0 Å². The fourth-order valence-electron chi connectivity index (χ4n) is 2.15. The van der Waals surface area contributed by atoms with Gasteiger partial charge in [-0.15, -0.1) is 0 Å². The van der Waals surface area contributed by atoms with Gasteiger partial charge in [0.2, 0.25) is 5.28 Å². The summed E-state index contributed by atoms with van der Waals surface area (Å²) in [5.74, 6) is 0.919. The molecule has 98 valence electrons. The van der Waals surface area contributed by atoms with Gasteiger partial charge in [0.05, 0.1) is 5.69 Å². The Morgan fingerprint density at radius 3 is 3.05 bits per heavy atom. The lowest BCUT2D eigenvalue weighted by Crippen LogP contribution is -2.26. The van der Waals surface area contributed by atoms with Crippen LogP contribution in [0.2, 0.25) is 5.28 Å². The van der Waals surface area contributed by atoms with Crippen LogP contribution in [-0.4, -0.2) is 21.6 Å². The predicted molar refractivity (Wildman–Crippen MR) is 73.8 cm³/mol. The second kappa shape index (κ2) is 5.03. The first-order valence-corrected chi connectivity index (χ1v) is 6.42. The minimum absolute atomic E-state index is 0.209. The molecular weight excluding hydrogens is 264 g/mol. The van der Waals surface area contributed by atoms with E-state index in [1.165, 1.54) is 0 Å². The molecular formula is C13H13ClN4O. The molecule has 0 saturated carbocycles. The molecule has 2 aromatic rings. The number of hydrogen-bond acceptors (Lipinski definition) is 5. The average Bonchev–Trinajstić information content (AvgIpc) is 2.38. The Balaban J connectivity index is 1.98. The summed E-state index contributed by atoms with van der Waals surface area (Å²) in [4.78, 5) is 8.48. The maximum atomic E-state index is 9.48. The standard InChI is InChI=1S/C13H13ClN4O/c14-13-17-11-7-15-5-4-10(11)12(18-13)16-8-2-1-3-9(19)6-8/h1-3,6,15,19H,4-5,7H2,(H,16,17,18). The van der Waals surface area contributed by atoms with E-state index in [1.807, 2.05) is 6.07 Å². The number of aromatic nitrogens is 2. The Bertz CT molecular complexity index is 618. The summed E-state index contributed by atoms with van der Waals surface area (Å²) in [5.41, 5.74) is 2.77. The maximum absolute atomic E-state index is 9.48. The number of benzene rings is 1. The van der Waals surface area contributed by atoms with Crippen molar-refractivity contribution in [3.63, 3.8) is 0 Å². The molecule has 0 amide bonds. The molecule has 0 unspecified atom stereocenters. The molecule has 1 aliphatic rings. The number of phenols is 1. The smallest absolute Gasteiger partial charge is 0.224 e. The molecule has 0 spiro atoms. The largest absolute Gasteiger partial charge is 0.508 e. The van der Waals surface area contributed by atoms with Crippen LogP contribution in [0.25, 0.3) is 0 Å². The monoisotopic (exact) mass is 276 g/mol. The number of hydrogen-bond donors (Lipinski definition) is 3. The van der Waals surface area contributed by atoms with Gasteiger partial charge < -0.3 is 15.7 Å². The van der Waals surface area contributed by atoms with Crippen LogP contribution in [0.4, 0.5) is 11.5 Å². The van der Waals surface area contributed by atoms with Crippen molar-refractivity contribution >= 4 is 23.1 Å². The first kappa shape index (κ1) is 12.2. The summed E-state index contributed by atoms with van der Waals surface area (Å²) in [6.07, 6.45) is 0.855. The van der Waals surface area contributed by atoms with Crippen molar-refractivity contribution in [2.45, 2.75) is 13.0 Å². The van der Waals surface area contributed by atoms with E-state index in [4.69, 9.17) is 11.6 Å². The Hall–Kier alpha value is -1.85. The van der Waals surface area contributed by atoms with E-state index in [9.17, 15) is 5.11 Å². The molecule has 0 bridgehead atoms. The zero-order valence-electron chi connectivity index (χ0n) is 10.2. The Morgan fingerprint density at radius 2 is 2.21 bits per heavy atom. The van der Waals surface area contributed by atoms with Crippen molar-refractivity contribution in [2.75, 3.05) is 11.9 Å². The molecule has 0 radical (unpaired) electrons. The van der Waals surface area contributed by atoms with Gasteiger partial charge in [0, 0.05) is 23.9 Å². The number of phenolic OH excluding ortho intramolecular Hbond substituents is 1. The molecule has 0 saturated heterocycles. The van der Waals surface area contributed by atoms with Crippen LogP contribution in [-0.2, 0) is 13.0 Å². The highest BCUT2D eigenvalue weighted by atomic mass is 35.5. The molecule has 0 atom stereocenters. The Morgan fingerprint density at radius 1 is 1.32 bits per heavy atom. The second-order valence-electron chi connectivity index (χ2n) is 4.37. The van der Waals surface area contributed by atoms with Crippen LogP contribution in [0.15, 0.2) is 24.3 Å². The summed E-state index contributed by atoms with van der Waals surface area (Å²) in [5, 5.41) is 16.1. The minimum atomic E-state index is 0.209. The van der Waals surface area contributed by atoms with Gasteiger partial charge in [-0.3, -0.25) is 0 Å². The maximum Gasteiger partial charge on any atom is 0.224 e. The summed E-state index contributed by atoms with van der Waals surface area (Å²) in [6.45, 7) is 1.60. The van der Waals surface area contributed by atoms with Crippen LogP contribution in [0, 0.1) is 0 Å². The van der Waals surface area contributed by atoms with E-state index in [-0.39, 0.29) is 11.0 Å². The zero-order valence-corrected chi connectivity index (χ0v) is 10.9. The third kappa shape index (κ3) is 2.62. The first-order chi connectivity index (χ1) is 9.22. The first-order valence-electron chi connectivity index (χ1n) is 6.04. The van der Waals surface area contributed by atoms with Crippen molar-refractivity contribution < 1.29 is 5.11 Å². The summed E-state index contributed by atoms with van der Waals surface area (Å²) in [7, 11) is 0. The van der Waals surface area contributed by atoms with Crippen molar-refractivity contribution in [1.29, 1.82) is 0 Å². The van der Waals surface area contributed by atoms with E-state index < -0.39 is 0 Å². The van der Waals surface area contributed by atoms with Crippen LogP contribution in [0.5, 0.6) is 5.75 Å². The molecule has 2 heterocycles. The van der Waals surface area contributed by atoms with E-state index in [0.29, 0.717) is 12.4 Å². The van der Waals surface area contributed by atoms with Crippen LogP contribution in [0.1, 0.15) is 11.3 Å². The number of aromatic hydroxyl groups is 1. The predicted octanol–water partition coefficient (Wildman–Crippen LogP) is 2.22. The molecule has 6 heteroatoms. The summed E-state index contributed by atoms with van der Waals surface area (Å²) in [6, 6.07) is 6.90. The van der Waals surface area contributed by atoms with Crippen molar-refractivity contribution in [1.82, 2.24) is 15.3 Å². The highest BCUT2D eigenvalue weighted by Gasteiger charge is 2.17. The van der Waals surface area contributed by atoms with Crippen LogP contribution in [0.3, 0.4) is 0 Å². The van der Waals surface area contributed by atoms with Gasteiger partial charge in [0.25, 0.3) is 0 Å². The molecule has 1 aromatic carbocycles. The molecule has 0 aliphatic carbocycles. The van der Waals surface area contributed by atoms with Crippen molar-refractivity contribution in [2.24, 2.45) is 0 Å². The highest BCUT2D eigenvalue weighted by Crippen LogP contribution is 2.26. The van der Waals surface area contributed by atoms with Gasteiger partial charge in [-0.1, -0.05) is 6.07 Å². The fraction of sp³-hybridized carbons (Fsp3) is 0.231. The minimum Gasteiger partial charge on any atom is -0.508 e. The summed E-state index contributed by atoms with van der Waals surface area (Å²) >= 11 is 5.94. The van der Waals surface area contributed by atoms with Gasteiger partial charge in [-0.05, 0) is 36.7 Å². The van der Waals surface area contributed by atoms with E-state index in [1.54, 1.807) is 18.2 Å². The van der Waals surface area contributed by atoms with Gasteiger partial charge in [0.15, 0.2) is 0 Å². The molecule has 0 fully saturated rings. The van der Waals surface area contributed by atoms with E-state index in [0.717, 1.165) is 29.9 Å². The molecule has 1 aromatic heterocycles. The normalized spacial score (nSPS) is 13.9. The highest BCUT2D eigenvalue weighted by molar-refractivity contribution is 6.28.